The van der Waals surface area contributed by atoms with Gasteiger partial charge in [-0.3, -0.25) is 9.59 Å². The molecule has 2 heterocycles. The summed E-state index contributed by atoms with van der Waals surface area (Å²) in [6.07, 6.45) is 11.2. The van der Waals surface area contributed by atoms with Crippen molar-refractivity contribution in [1.29, 1.82) is 0 Å². The normalized spacial score (nSPS) is 44.0. The summed E-state index contributed by atoms with van der Waals surface area (Å²) in [7, 11) is 0. The van der Waals surface area contributed by atoms with Crippen LogP contribution in [-0.4, -0.2) is 49.6 Å². The number of rotatable bonds is 6. The average molecular weight is 392 g/mol. The van der Waals surface area contributed by atoms with Gasteiger partial charge in [0.2, 0.25) is 0 Å². The van der Waals surface area contributed by atoms with Crippen molar-refractivity contribution in [2.75, 3.05) is 13.2 Å². The molecule has 28 heavy (non-hydrogen) atoms. The Kier molecular flexibility index (Phi) is 5.35. The van der Waals surface area contributed by atoms with Crippen molar-refractivity contribution < 1.29 is 28.5 Å². The highest BCUT2D eigenvalue weighted by Crippen LogP contribution is 2.41. The fourth-order valence-corrected chi connectivity index (χ4v) is 5.44. The van der Waals surface area contributed by atoms with Gasteiger partial charge in [-0.1, -0.05) is 0 Å². The van der Waals surface area contributed by atoms with Gasteiger partial charge in [0.15, 0.2) is 0 Å². The Morgan fingerprint density at radius 2 is 1.04 bits per heavy atom. The lowest BCUT2D eigenvalue weighted by Gasteiger charge is -2.29. The summed E-state index contributed by atoms with van der Waals surface area (Å²) in [6.45, 7) is 1.09. The van der Waals surface area contributed by atoms with Crippen molar-refractivity contribution in [3.05, 3.63) is 0 Å². The zero-order valence-corrected chi connectivity index (χ0v) is 16.6. The second-order valence-electron chi connectivity index (χ2n) is 9.59. The van der Waals surface area contributed by atoms with E-state index in [0.29, 0.717) is 49.5 Å². The number of carbonyl (C=O) groups is 2. The first-order valence-corrected chi connectivity index (χ1v) is 11.3. The molecule has 5 aliphatic rings. The molecular formula is C22H32O6. The largest absolute Gasteiger partial charge is 0.465 e. The van der Waals surface area contributed by atoms with Crippen LogP contribution < -0.4 is 0 Å². The first-order valence-electron chi connectivity index (χ1n) is 11.3. The van der Waals surface area contributed by atoms with Crippen LogP contribution in [0.3, 0.4) is 0 Å². The van der Waals surface area contributed by atoms with Crippen LogP contribution in [0.1, 0.15) is 64.2 Å². The molecule has 0 radical (unpaired) electrons. The number of epoxide rings is 2. The van der Waals surface area contributed by atoms with E-state index < -0.39 is 0 Å². The summed E-state index contributed by atoms with van der Waals surface area (Å²) in [5.74, 6) is 0.920. The molecule has 0 N–H and O–H groups in total. The molecule has 3 aliphatic carbocycles. The van der Waals surface area contributed by atoms with Crippen LogP contribution in [0.2, 0.25) is 0 Å². The molecular weight excluding hydrogens is 360 g/mol. The average Bonchev–Trinajstić information content (AvgIpc) is 3.63. The molecule has 2 aliphatic heterocycles. The van der Waals surface area contributed by atoms with Crippen molar-refractivity contribution in [2.45, 2.75) is 88.6 Å². The molecule has 5 fully saturated rings. The highest BCUT2D eigenvalue weighted by Gasteiger charge is 2.47. The smallest absolute Gasteiger partial charge is 0.309 e. The van der Waals surface area contributed by atoms with E-state index >= 15 is 0 Å². The monoisotopic (exact) mass is 392 g/mol. The van der Waals surface area contributed by atoms with Gasteiger partial charge in [-0.05, 0) is 76.0 Å². The topological polar surface area (TPSA) is 77.7 Å². The molecule has 0 aromatic rings. The predicted molar refractivity (Wildman–Crippen MR) is 99.4 cm³/mol. The van der Waals surface area contributed by atoms with Crippen LogP contribution >= 0.6 is 0 Å². The Balaban J connectivity index is 0.961. The summed E-state index contributed by atoms with van der Waals surface area (Å²) >= 11 is 0. The summed E-state index contributed by atoms with van der Waals surface area (Å²) in [4.78, 5) is 24.6. The predicted octanol–water partition coefficient (Wildman–Crippen LogP) is 3.01. The van der Waals surface area contributed by atoms with Gasteiger partial charge in [0.1, 0.15) is 0 Å². The zero-order chi connectivity index (χ0) is 19.1. The van der Waals surface area contributed by atoms with Crippen molar-refractivity contribution in [1.82, 2.24) is 0 Å². The van der Waals surface area contributed by atoms with Gasteiger partial charge in [-0.25, -0.2) is 0 Å². The Hall–Kier alpha value is -1.14. The van der Waals surface area contributed by atoms with E-state index in [1.807, 2.05) is 0 Å². The molecule has 0 aromatic carbocycles. The third-order valence-corrected chi connectivity index (χ3v) is 7.56. The van der Waals surface area contributed by atoms with Crippen LogP contribution in [0, 0.1) is 23.7 Å². The number of fused-ring (bicyclic) bond motifs is 2. The molecule has 6 atom stereocenters. The maximum Gasteiger partial charge on any atom is 0.309 e. The van der Waals surface area contributed by atoms with E-state index in [4.69, 9.17) is 18.9 Å². The second-order valence-corrected chi connectivity index (χ2v) is 9.59. The Morgan fingerprint density at radius 1 is 0.607 bits per heavy atom. The lowest BCUT2D eigenvalue weighted by Crippen LogP contribution is -2.29. The lowest BCUT2D eigenvalue weighted by molar-refractivity contribution is -0.153. The highest BCUT2D eigenvalue weighted by atomic mass is 16.6. The fourth-order valence-electron chi connectivity index (χ4n) is 5.44. The third kappa shape index (κ3) is 4.38. The molecule has 2 saturated heterocycles. The van der Waals surface area contributed by atoms with Crippen LogP contribution in [0.4, 0.5) is 0 Å². The summed E-state index contributed by atoms with van der Waals surface area (Å²) in [5.41, 5.74) is 0. The molecule has 0 spiro atoms. The maximum atomic E-state index is 12.3. The zero-order valence-electron chi connectivity index (χ0n) is 16.6. The van der Waals surface area contributed by atoms with Crippen LogP contribution in [-0.2, 0) is 28.5 Å². The van der Waals surface area contributed by atoms with Gasteiger partial charge in [0.05, 0.1) is 49.5 Å². The summed E-state index contributed by atoms with van der Waals surface area (Å²) in [6, 6.07) is 0. The molecule has 0 amide bonds. The second kappa shape index (κ2) is 7.94. The number of hydrogen-bond donors (Lipinski definition) is 0. The Bertz CT molecular complexity index is 546. The van der Waals surface area contributed by atoms with Crippen LogP contribution in [0.15, 0.2) is 0 Å². The minimum atomic E-state index is -0.0284. The van der Waals surface area contributed by atoms with Crippen LogP contribution in [0.5, 0.6) is 0 Å². The summed E-state index contributed by atoms with van der Waals surface area (Å²) < 4.78 is 22.2. The molecule has 0 unspecified atom stereocenters. The number of esters is 2. The number of ether oxygens (including phenoxy) is 4. The Labute approximate surface area is 166 Å². The van der Waals surface area contributed by atoms with Gasteiger partial charge in [-0.15, -0.1) is 0 Å². The third-order valence-electron chi connectivity index (χ3n) is 7.56. The van der Waals surface area contributed by atoms with Gasteiger partial charge >= 0.3 is 11.9 Å². The first kappa shape index (κ1) is 18.9. The van der Waals surface area contributed by atoms with E-state index in [0.717, 1.165) is 64.2 Å². The van der Waals surface area contributed by atoms with E-state index in [1.54, 1.807) is 0 Å². The van der Waals surface area contributed by atoms with Crippen LogP contribution in [0.25, 0.3) is 0 Å². The van der Waals surface area contributed by atoms with E-state index in [2.05, 4.69) is 0 Å². The molecule has 156 valence electrons. The molecule has 0 bridgehead atoms. The quantitative estimate of drug-likeness (QED) is 0.511. The number of carbonyl (C=O) groups excluding carboxylic acids is 2. The van der Waals surface area contributed by atoms with Gasteiger partial charge in [-0.2, -0.15) is 0 Å². The van der Waals surface area contributed by atoms with Gasteiger partial charge in [0, 0.05) is 0 Å². The molecule has 3 saturated carbocycles. The maximum absolute atomic E-state index is 12.3. The molecule has 5 rings (SSSR count). The van der Waals surface area contributed by atoms with Crippen molar-refractivity contribution in [3.8, 4) is 0 Å². The van der Waals surface area contributed by atoms with Crippen molar-refractivity contribution >= 4 is 11.9 Å². The fraction of sp³-hybridized carbons (Fsp3) is 0.909. The van der Waals surface area contributed by atoms with Crippen molar-refractivity contribution in [3.63, 3.8) is 0 Å². The summed E-state index contributed by atoms with van der Waals surface area (Å²) in [5, 5.41) is 0. The van der Waals surface area contributed by atoms with E-state index in [9.17, 15) is 9.59 Å². The standard InChI is InChI=1S/C22H32O6/c23-21(15-5-7-17-19(9-15)27-17)25-11-13-1-2-14(4-3-13)12-26-22(24)16-6-8-18-20(10-16)28-18/h13-20H,1-12H2/t13?,14?,15-,16-,17-,18+,19-,20-/m1/s1. The minimum absolute atomic E-state index is 0.0284. The molecule has 6 nitrogen and oxygen atoms in total. The van der Waals surface area contributed by atoms with E-state index in [1.165, 1.54) is 0 Å². The minimum Gasteiger partial charge on any atom is -0.465 e. The van der Waals surface area contributed by atoms with Gasteiger partial charge < -0.3 is 18.9 Å². The van der Waals surface area contributed by atoms with Gasteiger partial charge in [0.25, 0.3) is 0 Å². The molecule has 6 heteroatoms. The van der Waals surface area contributed by atoms with Crippen molar-refractivity contribution in [2.24, 2.45) is 23.7 Å². The number of hydrogen-bond acceptors (Lipinski definition) is 6. The van der Waals surface area contributed by atoms with E-state index in [-0.39, 0.29) is 23.8 Å². The molecule has 0 aromatic heterocycles. The first-order chi connectivity index (χ1) is 13.7. The SMILES string of the molecule is O=C(OCC1CCC(COC(=O)[C@@H]2CC[C@H]3O[C@@H]3C2)CC1)[C@@H]1CC[C@@H]2O[C@@H]2C1. The highest BCUT2D eigenvalue weighted by molar-refractivity contribution is 5.73. The Morgan fingerprint density at radius 3 is 1.43 bits per heavy atom. The lowest BCUT2D eigenvalue weighted by atomic mass is 9.82.